The number of nitrogens with one attached hydrogen (secondary N) is 1. The van der Waals surface area contributed by atoms with Crippen LogP contribution in [0.3, 0.4) is 0 Å². The van der Waals surface area contributed by atoms with Crippen molar-refractivity contribution in [1.82, 2.24) is 14.9 Å². The van der Waals surface area contributed by atoms with Crippen LogP contribution in [0.5, 0.6) is 0 Å². The zero-order chi connectivity index (χ0) is 22.7. The number of hydrogen-bond donors (Lipinski definition) is 1. The molecule has 0 spiro atoms. The van der Waals surface area contributed by atoms with Crippen LogP contribution in [0.25, 0.3) is 11.0 Å². The second-order valence-electron chi connectivity index (χ2n) is 7.31. The van der Waals surface area contributed by atoms with Gasteiger partial charge in [-0.2, -0.15) is 0 Å². The molecule has 1 atom stereocenters. The van der Waals surface area contributed by atoms with E-state index in [0.29, 0.717) is 23.2 Å². The van der Waals surface area contributed by atoms with E-state index < -0.39 is 5.82 Å². The maximum absolute atomic E-state index is 14.5. The van der Waals surface area contributed by atoms with E-state index >= 15 is 0 Å². The summed E-state index contributed by atoms with van der Waals surface area (Å²) in [4.78, 5) is 23.9. The SMILES string of the molecule is CC.Cc1ccc(Nc2c(C(=O)N3CCCC3c3nccs3)oc3ccncc23)c(F)c1.[HH]. The Hall–Kier alpha value is -3.26. The van der Waals surface area contributed by atoms with Crippen LogP contribution in [0.15, 0.2) is 52.7 Å². The fourth-order valence-electron chi connectivity index (χ4n) is 3.87. The number of benzene rings is 1. The molecule has 1 N–H and O–H groups in total. The molecule has 0 aliphatic carbocycles. The summed E-state index contributed by atoms with van der Waals surface area (Å²) >= 11 is 1.54. The van der Waals surface area contributed by atoms with Gasteiger partial charge >= 0.3 is 0 Å². The summed E-state index contributed by atoms with van der Waals surface area (Å²) in [5, 5.41) is 6.53. The molecular weight excluding hydrogens is 427 g/mol. The van der Waals surface area contributed by atoms with Gasteiger partial charge in [-0.3, -0.25) is 9.78 Å². The molecule has 8 heteroatoms. The topological polar surface area (TPSA) is 71.3 Å². The number of aryl methyl sites for hydroxylation is 1. The summed E-state index contributed by atoms with van der Waals surface area (Å²) in [6.45, 7) is 6.45. The highest BCUT2D eigenvalue weighted by Gasteiger charge is 2.35. The Balaban J connectivity index is 0.000000994. The maximum Gasteiger partial charge on any atom is 0.292 e. The van der Waals surface area contributed by atoms with Crippen LogP contribution < -0.4 is 5.32 Å². The third-order valence-electron chi connectivity index (χ3n) is 5.32. The fraction of sp³-hybridized carbons (Fsp3) is 0.292. The number of hydrogen-bond acceptors (Lipinski definition) is 6. The van der Waals surface area contributed by atoms with Crippen LogP contribution in [0.1, 0.15) is 55.3 Å². The van der Waals surface area contributed by atoms with Crippen molar-refractivity contribution in [2.45, 2.75) is 39.7 Å². The summed E-state index contributed by atoms with van der Waals surface area (Å²) in [6, 6.07) is 6.54. The molecular formula is C24H27FN4O2S. The molecule has 1 unspecified atom stereocenters. The van der Waals surface area contributed by atoms with Crippen molar-refractivity contribution in [2.24, 2.45) is 0 Å². The Morgan fingerprint density at radius 1 is 1.31 bits per heavy atom. The highest BCUT2D eigenvalue weighted by atomic mass is 32.1. The molecule has 168 valence electrons. The van der Waals surface area contributed by atoms with Gasteiger partial charge in [0.15, 0.2) is 0 Å². The Kier molecular flexibility index (Phi) is 6.50. The standard InChI is InChI=1S/C22H19FN4O2S.C2H6.H2/c1-13-4-5-16(15(23)11-13)26-19-14-12-24-7-6-18(14)29-20(19)22(28)27-9-2-3-17(27)21-25-8-10-30-21;1-2;/h4-8,10-12,17,26H,2-3,9H2,1H3;1-2H3;1H. The van der Waals surface area contributed by atoms with Gasteiger partial charge in [0.2, 0.25) is 5.76 Å². The number of anilines is 2. The predicted molar refractivity (Wildman–Crippen MR) is 127 cm³/mol. The summed E-state index contributed by atoms with van der Waals surface area (Å²) < 4.78 is 20.5. The number of amides is 1. The van der Waals surface area contributed by atoms with Gasteiger partial charge in [-0.1, -0.05) is 19.9 Å². The maximum atomic E-state index is 14.5. The minimum atomic E-state index is -0.395. The quantitative estimate of drug-likeness (QED) is 0.370. The lowest BCUT2D eigenvalue weighted by atomic mass is 10.2. The summed E-state index contributed by atoms with van der Waals surface area (Å²) in [7, 11) is 0. The number of likely N-dealkylation sites (tertiary alicyclic amines) is 1. The van der Waals surface area contributed by atoms with Crippen LogP contribution in [-0.4, -0.2) is 27.3 Å². The van der Waals surface area contributed by atoms with Crippen molar-refractivity contribution in [3.63, 3.8) is 0 Å². The molecule has 4 heterocycles. The van der Waals surface area contributed by atoms with E-state index in [0.717, 1.165) is 23.4 Å². The zero-order valence-electron chi connectivity index (χ0n) is 18.3. The summed E-state index contributed by atoms with van der Waals surface area (Å²) in [6.07, 6.45) is 6.72. The van der Waals surface area contributed by atoms with E-state index in [2.05, 4.69) is 15.3 Å². The molecule has 1 aromatic carbocycles. The first kappa shape index (κ1) is 22.0. The molecule has 4 aromatic rings. The Bertz CT molecular complexity index is 1230. The second-order valence-corrected chi connectivity index (χ2v) is 8.24. The van der Waals surface area contributed by atoms with Crippen LogP contribution in [0.4, 0.5) is 15.8 Å². The van der Waals surface area contributed by atoms with Crippen LogP contribution in [0, 0.1) is 12.7 Å². The normalized spacial score (nSPS) is 15.5. The Morgan fingerprint density at radius 3 is 2.91 bits per heavy atom. The average Bonchev–Trinajstić information content (AvgIpc) is 3.56. The van der Waals surface area contributed by atoms with Crippen molar-refractivity contribution in [3.05, 3.63) is 70.4 Å². The predicted octanol–water partition coefficient (Wildman–Crippen LogP) is 6.72. The monoisotopic (exact) mass is 454 g/mol. The number of carbonyl (C=O) groups excluding carboxylic acids is 1. The molecule has 0 radical (unpaired) electrons. The molecule has 0 saturated carbocycles. The third-order valence-corrected chi connectivity index (χ3v) is 6.19. The first-order valence-corrected chi connectivity index (χ1v) is 11.6. The van der Waals surface area contributed by atoms with Gasteiger partial charge in [0.05, 0.1) is 17.1 Å². The van der Waals surface area contributed by atoms with Crippen molar-refractivity contribution in [2.75, 3.05) is 11.9 Å². The van der Waals surface area contributed by atoms with E-state index in [1.54, 1.807) is 47.0 Å². The first-order chi connectivity index (χ1) is 15.6. The first-order valence-electron chi connectivity index (χ1n) is 10.7. The molecule has 1 aliphatic rings. The number of pyridine rings is 1. The molecule has 6 nitrogen and oxygen atoms in total. The van der Waals surface area contributed by atoms with Crippen molar-refractivity contribution < 1.29 is 15.0 Å². The highest BCUT2D eigenvalue weighted by Crippen LogP contribution is 2.39. The lowest BCUT2D eigenvalue weighted by Gasteiger charge is -2.22. The third kappa shape index (κ3) is 4.10. The van der Waals surface area contributed by atoms with E-state index in [9.17, 15) is 9.18 Å². The molecule has 5 rings (SSSR count). The van der Waals surface area contributed by atoms with Crippen molar-refractivity contribution >= 4 is 39.6 Å². The van der Waals surface area contributed by atoms with Crippen LogP contribution in [0.2, 0.25) is 0 Å². The molecule has 1 saturated heterocycles. The van der Waals surface area contributed by atoms with Crippen LogP contribution >= 0.6 is 11.3 Å². The molecule has 1 amide bonds. The Labute approximate surface area is 191 Å². The molecule has 0 bridgehead atoms. The minimum absolute atomic E-state index is 0. The van der Waals surface area contributed by atoms with Gasteiger partial charge in [0.25, 0.3) is 5.91 Å². The minimum Gasteiger partial charge on any atom is -0.448 e. The average molecular weight is 455 g/mol. The second kappa shape index (κ2) is 9.48. The number of thiazole rings is 1. The number of rotatable bonds is 4. The summed E-state index contributed by atoms with van der Waals surface area (Å²) in [5.41, 5.74) is 2.04. The van der Waals surface area contributed by atoms with E-state index in [-0.39, 0.29) is 24.8 Å². The van der Waals surface area contributed by atoms with Gasteiger partial charge in [0, 0.05) is 31.9 Å². The molecule has 1 aliphatic heterocycles. The van der Waals surface area contributed by atoms with Gasteiger partial charge in [0.1, 0.15) is 22.1 Å². The number of carbonyl (C=O) groups is 1. The van der Waals surface area contributed by atoms with Gasteiger partial charge < -0.3 is 14.6 Å². The van der Waals surface area contributed by atoms with E-state index in [1.807, 2.05) is 32.2 Å². The largest absolute Gasteiger partial charge is 0.448 e. The van der Waals surface area contributed by atoms with Crippen LogP contribution in [-0.2, 0) is 0 Å². The number of aromatic nitrogens is 2. The zero-order valence-corrected chi connectivity index (χ0v) is 19.1. The lowest BCUT2D eigenvalue weighted by Crippen LogP contribution is -2.30. The molecule has 3 aromatic heterocycles. The number of halogens is 1. The lowest BCUT2D eigenvalue weighted by molar-refractivity contribution is 0.0707. The molecule has 32 heavy (non-hydrogen) atoms. The van der Waals surface area contributed by atoms with E-state index in [4.69, 9.17) is 4.42 Å². The smallest absolute Gasteiger partial charge is 0.292 e. The van der Waals surface area contributed by atoms with E-state index in [1.165, 1.54) is 6.07 Å². The summed E-state index contributed by atoms with van der Waals surface area (Å²) in [5.74, 6) is -0.478. The van der Waals surface area contributed by atoms with Crippen molar-refractivity contribution in [3.8, 4) is 0 Å². The Morgan fingerprint density at radius 2 is 2.16 bits per heavy atom. The fourth-order valence-corrected chi connectivity index (χ4v) is 4.65. The molecule has 1 fully saturated rings. The number of nitrogens with zero attached hydrogens (tertiary/aromatic N) is 3. The van der Waals surface area contributed by atoms with Crippen molar-refractivity contribution in [1.29, 1.82) is 0 Å². The number of furan rings is 1. The highest BCUT2D eigenvalue weighted by molar-refractivity contribution is 7.09. The van der Waals surface area contributed by atoms with Gasteiger partial charge in [-0.15, -0.1) is 11.3 Å². The number of fused-ring (bicyclic) bond motifs is 1. The van der Waals surface area contributed by atoms with Gasteiger partial charge in [-0.05, 0) is 43.5 Å². The van der Waals surface area contributed by atoms with Gasteiger partial charge in [-0.25, -0.2) is 9.37 Å².